The molecule has 0 spiro atoms. The monoisotopic (exact) mass is 446 g/mol. The molecule has 0 bridgehead atoms. The van der Waals surface area contributed by atoms with E-state index in [0.717, 1.165) is 22.3 Å². The Morgan fingerprint density at radius 3 is 2.12 bits per heavy atom. The van der Waals surface area contributed by atoms with Gasteiger partial charge in [-0.05, 0) is 30.0 Å². The van der Waals surface area contributed by atoms with Gasteiger partial charge in [0.2, 0.25) is 15.0 Å². The standard InChI is InChI=1S/C25H26N4O2S/c1-19-9-8-14-22(15-19)18-32(30,31)25-28-27-24(23(26)16-20-10-4-2-5-11-20)29(25)17-21-12-6-3-7-13-21/h2-15,23H,16-18,26H2,1H3/t23-/m0/s1. The zero-order chi connectivity index (χ0) is 22.6. The van der Waals surface area contributed by atoms with Gasteiger partial charge in [-0.15, -0.1) is 10.2 Å². The average molecular weight is 447 g/mol. The van der Waals surface area contributed by atoms with Crippen LogP contribution in [0.2, 0.25) is 0 Å². The average Bonchev–Trinajstić information content (AvgIpc) is 3.19. The SMILES string of the molecule is Cc1cccc(CS(=O)(=O)c2nnc([C@@H](N)Cc3ccccc3)n2Cc2ccccc2)c1. The molecule has 1 aromatic heterocycles. The van der Waals surface area contributed by atoms with Crippen molar-refractivity contribution >= 4 is 9.84 Å². The predicted octanol–water partition coefficient (Wildman–Crippen LogP) is 3.85. The lowest BCUT2D eigenvalue weighted by Gasteiger charge is -2.15. The van der Waals surface area contributed by atoms with E-state index in [2.05, 4.69) is 10.2 Å². The molecule has 0 aliphatic carbocycles. The van der Waals surface area contributed by atoms with E-state index in [1.54, 1.807) is 4.57 Å². The van der Waals surface area contributed by atoms with Gasteiger partial charge in [-0.25, -0.2) is 8.42 Å². The molecular weight excluding hydrogens is 420 g/mol. The second-order valence-corrected chi connectivity index (χ2v) is 9.84. The van der Waals surface area contributed by atoms with Crippen LogP contribution in [0.25, 0.3) is 0 Å². The van der Waals surface area contributed by atoms with Crippen molar-refractivity contribution in [2.24, 2.45) is 5.73 Å². The molecule has 1 atom stereocenters. The largest absolute Gasteiger partial charge is 0.321 e. The van der Waals surface area contributed by atoms with Crippen LogP contribution < -0.4 is 5.73 Å². The topological polar surface area (TPSA) is 90.9 Å². The van der Waals surface area contributed by atoms with Crippen LogP contribution in [0.1, 0.15) is 34.1 Å². The van der Waals surface area contributed by atoms with Crippen molar-refractivity contribution in [3.63, 3.8) is 0 Å². The van der Waals surface area contributed by atoms with Crippen LogP contribution in [0.15, 0.2) is 90.1 Å². The van der Waals surface area contributed by atoms with Gasteiger partial charge in [0.15, 0.2) is 5.82 Å². The molecule has 0 amide bonds. The Morgan fingerprint density at radius 2 is 1.47 bits per heavy atom. The minimum absolute atomic E-state index is 0.0543. The van der Waals surface area contributed by atoms with Gasteiger partial charge in [0.1, 0.15) is 0 Å². The van der Waals surface area contributed by atoms with Crippen molar-refractivity contribution in [3.05, 3.63) is 113 Å². The minimum atomic E-state index is -3.73. The highest BCUT2D eigenvalue weighted by Crippen LogP contribution is 2.22. The Hall–Kier alpha value is -3.29. The first kappa shape index (κ1) is 21.9. The van der Waals surface area contributed by atoms with Crippen LogP contribution in [0.4, 0.5) is 0 Å². The summed E-state index contributed by atoms with van der Waals surface area (Å²) < 4.78 is 28.4. The summed E-state index contributed by atoms with van der Waals surface area (Å²) in [6.45, 7) is 2.27. The number of nitrogens with two attached hydrogens (primary N) is 1. The maximum Gasteiger partial charge on any atom is 0.250 e. The summed E-state index contributed by atoms with van der Waals surface area (Å²) in [6.07, 6.45) is 0.533. The number of benzene rings is 3. The van der Waals surface area contributed by atoms with Gasteiger partial charge in [-0.1, -0.05) is 90.5 Å². The smallest absolute Gasteiger partial charge is 0.250 e. The molecule has 0 radical (unpaired) electrons. The second-order valence-electron chi connectivity index (χ2n) is 7.96. The van der Waals surface area contributed by atoms with Crippen LogP contribution in [-0.4, -0.2) is 23.2 Å². The first-order chi connectivity index (χ1) is 15.4. The lowest BCUT2D eigenvalue weighted by Crippen LogP contribution is -2.22. The lowest BCUT2D eigenvalue weighted by atomic mass is 10.1. The number of sulfone groups is 1. The number of hydrogen-bond donors (Lipinski definition) is 1. The van der Waals surface area contributed by atoms with Crippen LogP contribution in [0.3, 0.4) is 0 Å². The summed E-state index contributed by atoms with van der Waals surface area (Å²) in [5.74, 6) is 0.315. The summed E-state index contributed by atoms with van der Waals surface area (Å²) >= 11 is 0. The number of rotatable bonds is 8. The molecule has 3 aromatic carbocycles. The first-order valence-corrected chi connectivity index (χ1v) is 12.1. The second kappa shape index (κ2) is 9.46. The lowest BCUT2D eigenvalue weighted by molar-refractivity contribution is 0.553. The summed E-state index contributed by atoms with van der Waals surface area (Å²) in [7, 11) is -3.73. The molecule has 4 aromatic rings. The van der Waals surface area contributed by atoms with Crippen LogP contribution in [-0.2, 0) is 28.6 Å². The molecule has 164 valence electrons. The van der Waals surface area contributed by atoms with Gasteiger partial charge < -0.3 is 5.73 Å². The number of aryl methyl sites for hydroxylation is 1. The van der Waals surface area contributed by atoms with Crippen molar-refractivity contribution in [1.29, 1.82) is 0 Å². The molecule has 0 saturated carbocycles. The van der Waals surface area contributed by atoms with E-state index in [9.17, 15) is 8.42 Å². The van der Waals surface area contributed by atoms with Crippen molar-refractivity contribution in [2.45, 2.75) is 36.8 Å². The van der Waals surface area contributed by atoms with E-state index < -0.39 is 15.9 Å². The van der Waals surface area contributed by atoms with Crippen molar-refractivity contribution in [1.82, 2.24) is 14.8 Å². The zero-order valence-electron chi connectivity index (χ0n) is 17.9. The predicted molar refractivity (Wildman–Crippen MR) is 125 cm³/mol. The van der Waals surface area contributed by atoms with E-state index in [1.165, 1.54) is 0 Å². The summed E-state index contributed by atoms with van der Waals surface area (Å²) in [5, 5.41) is 8.30. The fraction of sp³-hybridized carbons (Fsp3) is 0.200. The number of hydrogen-bond acceptors (Lipinski definition) is 5. The third-order valence-corrected chi connectivity index (χ3v) is 6.85. The Labute approximate surface area is 188 Å². The van der Waals surface area contributed by atoms with Gasteiger partial charge in [0.05, 0.1) is 18.3 Å². The van der Waals surface area contributed by atoms with Gasteiger partial charge in [0.25, 0.3) is 0 Å². The number of nitrogens with zero attached hydrogens (tertiary/aromatic N) is 3. The third-order valence-electron chi connectivity index (χ3n) is 5.28. The Morgan fingerprint density at radius 1 is 0.844 bits per heavy atom. The highest BCUT2D eigenvalue weighted by molar-refractivity contribution is 7.90. The van der Waals surface area contributed by atoms with E-state index in [0.29, 0.717) is 18.8 Å². The van der Waals surface area contributed by atoms with Crippen LogP contribution >= 0.6 is 0 Å². The van der Waals surface area contributed by atoms with Crippen LogP contribution in [0.5, 0.6) is 0 Å². The Balaban J connectivity index is 1.71. The fourth-order valence-electron chi connectivity index (χ4n) is 3.76. The normalized spacial score (nSPS) is 12.6. The highest BCUT2D eigenvalue weighted by atomic mass is 32.2. The molecule has 0 aliphatic heterocycles. The quantitative estimate of drug-likeness (QED) is 0.444. The molecule has 1 heterocycles. The molecular formula is C25H26N4O2S. The Kier molecular flexibility index (Phi) is 6.48. The van der Waals surface area contributed by atoms with E-state index in [1.807, 2.05) is 91.9 Å². The van der Waals surface area contributed by atoms with E-state index >= 15 is 0 Å². The van der Waals surface area contributed by atoms with Gasteiger partial charge in [-0.3, -0.25) is 4.57 Å². The number of aromatic nitrogens is 3. The summed E-state index contributed by atoms with van der Waals surface area (Å²) in [6, 6.07) is 26.5. The van der Waals surface area contributed by atoms with Gasteiger partial charge in [-0.2, -0.15) is 0 Å². The minimum Gasteiger partial charge on any atom is -0.321 e. The molecule has 0 saturated heterocycles. The van der Waals surface area contributed by atoms with E-state index in [4.69, 9.17) is 5.73 Å². The van der Waals surface area contributed by atoms with Gasteiger partial charge in [0, 0.05) is 0 Å². The molecule has 0 unspecified atom stereocenters. The molecule has 7 heteroatoms. The van der Waals surface area contributed by atoms with Crippen molar-refractivity contribution in [3.8, 4) is 0 Å². The molecule has 32 heavy (non-hydrogen) atoms. The van der Waals surface area contributed by atoms with Crippen molar-refractivity contribution < 1.29 is 8.42 Å². The van der Waals surface area contributed by atoms with Gasteiger partial charge >= 0.3 is 0 Å². The third kappa shape index (κ3) is 5.12. The van der Waals surface area contributed by atoms with Crippen LogP contribution in [0, 0.1) is 6.92 Å². The van der Waals surface area contributed by atoms with Crippen molar-refractivity contribution in [2.75, 3.05) is 0 Å². The Bertz CT molecular complexity index is 1290. The molecule has 2 N–H and O–H groups in total. The van der Waals surface area contributed by atoms with E-state index in [-0.39, 0.29) is 10.9 Å². The zero-order valence-corrected chi connectivity index (χ0v) is 18.7. The maximum atomic E-state index is 13.4. The summed E-state index contributed by atoms with van der Waals surface area (Å²) in [5.41, 5.74) is 10.2. The highest BCUT2D eigenvalue weighted by Gasteiger charge is 2.27. The summed E-state index contributed by atoms with van der Waals surface area (Å²) in [4.78, 5) is 0. The fourth-order valence-corrected chi connectivity index (χ4v) is 5.17. The first-order valence-electron chi connectivity index (χ1n) is 10.5. The molecule has 0 aliphatic rings. The molecule has 4 rings (SSSR count). The molecule has 0 fully saturated rings. The maximum absolute atomic E-state index is 13.4. The molecule has 6 nitrogen and oxygen atoms in total.